The van der Waals surface area contributed by atoms with Crippen LogP contribution in [0.1, 0.15) is 51.1 Å². The fraction of sp³-hybridized carbons (Fsp3) is 0.667. The van der Waals surface area contributed by atoms with Gasteiger partial charge in [0.1, 0.15) is 0 Å². The Hall–Kier alpha value is -1.55. The van der Waals surface area contributed by atoms with Gasteiger partial charge < -0.3 is 15.1 Å². The van der Waals surface area contributed by atoms with Gasteiger partial charge in [0, 0.05) is 25.3 Å². The molecule has 1 N–H and O–H groups in total. The third-order valence-electron chi connectivity index (χ3n) is 5.77. The third-order valence-corrected chi connectivity index (χ3v) is 5.77. The summed E-state index contributed by atoms with van der Waals surface area (Å²) in [6, 6.07) is 8.84. The van der Waals surface area contributed by atoms with Crippen molar-refractivity contribution in [2.75, 3.05) is 38.1 Å². The maximum absolute atomic E-state index is 12.5. The lowest BCUT2D eigenvalue weighted by Crippen LogP contribution is -2.42. The maximum atomic E-state index is 12.5. The lowest BCUT2D eigenvalue weighted by Gasteiger charge is -2.33. The van der Waals surface area contributed by atoms with E-state index in [0.29, 0.717) is 0 Å². The molecular formula is C21H33N3O. The summed E-state index contributed by atoms with van der Waals surface area (Å²) in [6.07, 6.45) is 4.75. The molecule has 0 spiro atoms. The van der Waals surface area contributed by atoms with Gasteiger partial charge in [0.15, 0.2) is 0 Å². The summed E-state index contributed by atoms with van der Waals surface area (Å²) in [6.45, 7) is 8.72. The highest BCUT2D eigenvalue weighted by atomic mass is 16.2. The number of carbonyl (C=O) groups is 1. The van der Waals surface area contributed by atoms with Gasteiger partial charge in [-0.2, -0.15) is 0 Å². The average molecular weight is 344 g/mol. The fourth-order valence-electron chi connectivity index (χ4n) is 4.19. The van der Waals surface area contributed by atoms with Gasteiger partial charge in [-0.15, -0.1) is 0 Å². The zero-order valence-corrected chi connectivity index (χ0v) is 16.0. The van der Waals surface area contributed by atoms with Crippen molar-refractivity contribution in [3.05, 3.63) is 29.8 Å². The Morgan fingerprint density at radius 3 is 2.52 bits per heavy atom. The van der Waals surface area contributed by atoms with Gasteiger partial charge in [-0.25, -0.2) is 0 Å². The topological polar surface area (TPSA) is 35.6 Å². The molecule has 1 amide bonds. The number of amides is 1. The molecule has 0 aliphatic carbocycles. The number of rotatable bonds is 4. The monoisotopic (exact) mass is 343 g/mol. The Bertz CT molecular complexity index is 571. The smallest absolute Gasteiger partial charge is 0.224 e. The number of piperidine rings is 2. The minimum Gasteiger partial charge on any atom is -0.371 e. The van der Waals surface area contributed by atoms with Crippen molar-refractivity contribution >= 4 is 11.6 Å². The Morgan fingerprint density at radius 2 is 1.84 bits per heavy atom. The second-order valence-electron chi connectivity index (χ2n) is 8.12. The summed E-state index contributed by atoms with van der Waals surface area (Å²) in [5.41, 5.74) is 2.49. The summed E-state index contributed by atoms with van der Waals surface area (Å²) >= 11 is 0. The molecule has 4 nitrogen and oxygen atoms in total. The standard InChI is InChI=1S/C21H33N3O/c1-16-6-4-13-24(14-16)20-10-8-18(9-11-20)17(2)22-21(25)19-7-5-12-23(3)15-19/h8-11,16-17,19H,4-7,12-15H2,1-3H3,(H,22,25)/t16-,17-,19-/m1/s1. The van der Waals surface area contributed by atoms with Crippen LogP contribution in [-0.4, -0.2) is 44.0 Å². The van der Waals surface area contributed by atoms with E-state index in [1.807, 2.05) is 0 Å². The first-order chi connectivity index (χ1) is 12.0. The molecule has 2 fully saturated rings. The summed E-state index contributed by atoms with van der Waals surface area (Å²) < 4.78 is 0. The van der Waals surface area contributed by atoms with Gasteiger partial charge in [0.2, 0.25) is 5.91 Å². The van der Waals surface area contributed by atoms with E-state index in [9.17, 15) is 4.79 Å². The van der Waals surface area contributed by atoms with E-state index in [-0.39, 0.29) is 17.9 Å². The number of hydrogen-bond acceptors (Lipinski definition) is 3. The van der Waals surface area contributed by atoms with Gasteiger partial charge >= 0.3 is 0 Å². The SMILES string of the molecule is C[C@@H]1CCCN(c2ccc([C@@H](C)NC(=O)[C@@H]3CCCN(C)C3)cc2)C1. The summed E-state index contributed by atoms with van der Waals surface area (Å²) in [5, 5.41) is 3.21. The molecule has 2 heterocycles. The van der Waals surface area contributed by atoms with Crippen molar-refractivity contribution in [1.82, 2.24) is 10.2 Å². The molecule has 0 aromatic heterocycles. The highest BCUT2D eigenvalue weighted by molar-refractivity contribution is 5.79. The van der Waals surface area contributed by atoms with Crippen molar-refractivity contribution in [3.8, 4) is 0 Å². The molecule has 3 atom stereocenters. The highest BCUT2D eigenvalue weighted by Gasteiger charge is 2.25. The van der Waals surface area contributed by atoms with Crippen LogP contribution < -0.4 is 10.2 Å². The molecule has 0 radical (unpaired) electrons. The van der Waals surface area contributed by atoms with E-state index in [4.69, 9.17) is 0 Å². The van der Waals surface area contributed by atoms with Gasteiger partial charge in [-0.05, 0) is 69.8 Å². The molecule has 1 aromatic rings. The number of benzene rings is 1. The molecule has 2 aliphatic rings. The predicted molar refractivity (Wildman–Crippen MR) is 104 cm³/mol. The molecule has 0 unspecified atom stereocenters. The molecule has 2 saturated heterocycles. The Balaban J connectivity index is 1.57. The van der Waals surface area contributed by atoms with Crippen LogP contribution in [0.15, 0.2) is 24.3 Å². The maximum Gasteiger partial charge on any atom is 0.224 e. The van der Waals surface area contributed by atoms with Crippen LogP contribution in [0.2, 0.25) is 0 Å². The zero-order chi connectivity index (χ0) is 17.8. The van der Waals surface area contributed by atoms with Gasteiger partial charge in [-0.1, -0.05) is 19.1 Å². The molecule has 3 rings (SSSR count). The molecule has 0 saturated carbocycles. The molecule has 1 aromatic carbocycles. The fourth-order valence-corrected chi connectivity index (χ4v) is 4.19. The van der Waals surface area contributed by atoms with Crippen LogP contribution in [-0.2, 0) is 4.79 Å². The van der Waals surface area contributed by atoms with E-state index >= 15 is 0 Å². The van der Waals surface area contributed by atoms with E-state index in [1.165, 1.54) is 24.1 Å². The van der Waals surface area contributed by atoms with Crippen LogP contribution in [0, 0.1) is 11.8 Å². The third kappa shape index (κ3) is 4.75. The number of hydrogen-bond donors (Lipinski definition) is 1. The highest BCUT2D eigenvalue weighted by Crippen LogP contribution is 2.25. The van der Waals surface area contributed by atoms with Crippen LogP contribution in [0.4, 0.5) is 5.69 Å². The van der Waals surface area contributed by atoms with Gasteiger partial charge in [-0.3, -0.25) is 4.79 Å². The van der Waals surface area contributed by atoms with E-state index in [2.05, 4.69) is 60.3 Å². The lowest BCUT2D eigenvalue weighted by molar-refractivity contribution is -0.127. The summed E-state index contributed by atoms with van der Waals surface area (Å²) in [7, 11) is 2.10. The number of carbonyl (C=O) groups excluding carboxylic acids is 1. The van der Waals surface area contributed by atoms with Crippen LogP contribution in [0.5, 0.6) is 0 Å². The molecule has 138 valence electrons. The number of nitrogens with zero attached hydrogens (tertiary/aromatic N) is 2. The first-order valence-corrected chi connectivity index (χ1v) is 9.86. The normalized spacial score (nSPS) is 26.3. The Kier molecular flexibility index (Phi) is 6.00. The molecule has 4 heteroatoms. The van der Waals surface area contributed by atoms with Crippen molar-refractivity contribution in [2.45, 2.75) is 45.6 Å². The van der Waals surface area contributed by atoms with E-state index < -0.39 is 0 Å². The van der Waals surface area contributed by atoms with Crippen molar-refractivity contribution < 1.29 is 4.79 Å². The zero-order valence-electron chi connectivity index (χ0n) is 16.0. The minimum atomic E-state index is 0.0639. The Morgan fingerprint density at radius 1 is 1.12 bits per heavy atom. The number of anilines is 1. The second-order valence-corrected chi connectivity index (χ2v) is 8.12. The largest absolute Gasteiger partial charge is 0.371 e. The quantitative estimate of drug-likeness (QED) is 0.910. The lowest BCUT2D eigenvalue weighted by atomic mass is 9.96. The Labute approximate surface area is 152 Å². The van der Waals surface area contributed by atoms with Crippen LogP contribution in [0.3, 0.4) is 0 Å². The summed E-state index contributed by atoms with van der Waals surface area (Å²) in [5.74, 6) is 1.11. The van der Waals surface area contributed by atoms with Crippen LogP contribution >= 0.6 is 0 Å². The molecule has 2 aliphatic heterocycles. The first-order valence-electron chi connectivity index (χ1n) is 9.86. The van der Waals surface area contributed by atoms with E-state index in [0.717, 1.165) is 44.9 Å². The minimum absolute atomic E-state index is 0.0639. The summed E-state index contributed by atoms with van der Waals surface area (Å²) in [4.78, 5) is 17.3. The average Bonchev–Trinajstić information content (AvgIpc) is 2.62. The van der Waals surface area contributed by atoms with Crippen LogP contribution in [0.25, 0.3) is 0 Å². The van der Waals surface area contributed by atoms with Gasteiger partial charge in [0.25, 0.3) is 0 Å². The van der Waals surface area contributed by atoms with Crippen molar-refractivity contribution in [1.29, 1.82) is 0 Å². The molecule has 0 bridgehead atoms. The van der Waals surface area contributed by atoms with E-state index in [1.54, 1.807) is 0 Å². The van der Waals surface area contributed by atoms with Gasteiger partial charge in [0.05, 0.1) is 12.0 Å². The van der Waals surface area contributed by atoms with Crippen molar-refractivity contribution in [3.63, 3.8) is 0 Å². The second kappa shape index (κ2) is 8.22. The number of nitrogens with one attached hydrogen (secondary N) is 1. The molecule has 25 heavy (non-hydrogen) atoms. The molecular weight excluding hydrogens is 310 g/mol. The first kappa shape index (κ1) is 18.2. The predicted octanol–water partition coefficient (Wildman–Crippen LogP) is 3.44. The number of likely N-dealkylation sites (tertiary alicyclic amines) is 1. The van der Waals surface area contributed by atoms with Crippen molar-refractivity contribution in [2.24, 2.45) is 11.8 Å².